The highest BCUT2D eigenvalue weighted by Gasteiger charge is 2.31. The summed E-state index contributed by atoms with van der Waals surface area (Å²) in [5.41, 5.74) is 1.10. The maximum Gasteiger partial charge on any atom is 0.263 e. The fraction of sp³-hybridized carbons (Fsp3) is 0.273. The van der Waals surface area contributed by atoms with Crippen molar-refractivity contribution in [2.24, 2.45) is 0 Å². The van der Waals surface area contributed by atoms with Crippen molar-refractivity contribution in [3.8, 4) is 5.75 Å². The molecule has 1 heterocycles. The van der Waals surface area contributed by atoms with Crippen molar-refractivity contribution >= 4 is 11.8 Å². The van der Waals surface area contributed by atoms with Crippen LogP contribution in [0.5, 0.6) is 5.75 Å². The number of nitrogens with zero attached hydrogens (tertiary/aromatic N) is 1. The van der Waals surface area contributed by atoms with Crippen molar-refractivity contribution in [3.05, 3.63) is 29.8 Å². The lowest BCUT2D eigenvalue weighted by atomic mass is 10.2. The minimum Gasteiger partial charge on any atom is -0.369 e. The first-order valence-electron chi connectivity index (χ1n) is 4.77. The maximum atomic E-state index is 11.2. The van der Waals surface area contributed by atoms with Crippen LogP contribution in [0.3, 0.4) is 0 Å². The summed E-state index contributed by atoms with van der Waals surface area (Å²) in [6.07, 6.45) is 0.482. The van der Waals surface area contributed by atoms with Gasteiger partial charge in [0.15, 0.2) is 5.75 Å². The number of carbonyl (C=O) groups is 2. The summed E-state index contributed by atoms with van der Waals surface area (Å²) < 4.78 is 0. The smallest absolute Gasteiger partial charge is 0.263 e. The minimum atomic E-state index is -0.277. The summed E-state index contributed by atoms with van der Waals surface area (Å²) in [6.45, 7) is 1.95. The van der Waals surface area contributed by atoms with Crippen molar-refractivity contribution < 1.29 is 14.4 Å². The van der Waals surface area contributed by atoms with Crippen LogP contribution in [0.25, 0.3) is 0 Å². The molecule has 2 amide bonds. The van der Waals surface area contributed by atoms with Crippen LogP contribution in [0, 0.1) is 6.92 Å². The fourth-order valence-electron chi connectivity index (χ4n) is 1.36. The van der Waals surface area contributed by atoms with Gasteiger partial charge in [-0.2, -0.15) is 0 Å². The molecule has 1 aliphatic rings. The van der Waals surface area contributed by atoms with Crippen LogP contribution >= 0.6 is 0 Å². The first-order valence-corrected chi connectivity index (χ1v) is 4.77. The van der Waals surface area contributed by atoms with E-state index in [1.54, 1.807) is 12.1 Å². The Labute approximate surface area is 87.4 Å². The van der Waals surface area contributed by atoms with Gasteiger partial charge >= 0.3 is 0 Å². The highest BCUT2D eigenvalue weighted by molar-refractivity contribution is 6.00. The van der Waals surface area contributed by atoms with Gasteiger partial charge in [0.05, 0.1) is 0 Å². The van der Waals surface area contributed by atoms with E-state index in [9.17, 15) is 9.59 Å². The second kappa shape index (κ2) is 3.73. The number of rotatable bonds is 2. The third kappa shape index (κ3) is 1.98. The molecule has 0 radical (unpaired) electrons. The van der Waals surface area contributed by atoms with Crippen LogP contribution in [0.1, 0.15) is 18.4 Å². The Morgan fingerprint density at radius 3 is 2.13 bits per heavy atom. The molecule has 0 atom stereocenters. The van der Waals surface area contributed by atoms with E-state index in [-0.39, 0.29) is 24.7 Å². The van der Waals surface area contributed by atoms with Crippen LogP contribution in [0.15, 0.2) is 24.3 Å². The lowest BCUT2D eigenvalue weighted by molar-refractivity contribution is -0.164. The number of carbonyl (C=O) groups excluding carboxylic acids is 2. The summed E-state index contributed by atoms with van der Waals surface area (Å²) in [5, 5.41) is 0.838. The molecule has 1 aromatic rings. The van der Waals surface area contributed by atoms with E-state index >= 15 is 0 Å². The number of benzene rings is 1. The van der Waals surface area contributed by atoms with Crippen molar-refractivity contribution in [1.82, 2.24) is 5.06 Å². The Hall–Kier alpha value is -1.84. The Kier molecular flexibility index (Phi) is 2.41. The monoisotopic (exact) mass is 205 g/mol. The molecular weight excluding hydrogens is 194 g/mol. The Bertz CT molecular complexity index is 381. The molecule has 0 unspecified atom stereocenters. The van der Waals surface area contributed by atoms with Gasteiger partial charge < -0.3 is 4.84 Å². The maximum absolute atomic E-state index is 11.2. The zero-order chi connectivity index (χ0) is 10.8. The number of hydrogen-bond acceptors (Lipinski definition) is 3. The van der Waals surface area contributed by atoms with Gasteiger partial charge in [-0.1, -0.05) is 17.7 Å². The SMILES string of the molecule is Cc1ccc(ON2C(=O)CCC2=O)cc1. The zero-order valence-corrected chi connectivity index (χ0v) is 8.40. The van der Waals surface area contributed by atoms with Gasteiger partial charge in [0.2, 0.25) is 0 Å². The lowest BCUT2D eigenvalue weighted by Gasteiger charge is -2.13. The molecule has 0 bridgehead atoms. The number of imide groups is 1. The third-order valence-corrected chi connectivity index (χ3v) is 2.22. The van der Waals surface area contributed by atoms with Crippen molar-refractivity contribution in [2.75, 3.05) is 0 Å². The molecule has 0 saturated carbocycles. The Balaban J connectivity index is 2.11. The van der Waals surface area contributed by atoms with Crippen LogP contribution in [0.4, 0.5) is 0 Å². The molecule has 78 valence electrons. The van der Waals surface area contributed by atoms with Crippen molar-refractivity contribution in [1.29, 1.82) is 0 Å². The second-order valence-corrected chi connectivity index (χ2v) is 3.49. The first-order chi connectivity index (χ1) is 7.16. The predicted molar refractivity (Wildman–Crippen MR) is 52.9 cm³/mol. The van der Waals surface area contributed by atoms with Gasteiger partial charge in [0, 0.05) is 12.8 Å². The largest absolute Gasteiger partial charge is 0.369 e. The molecule has 4 nitrogen and oxygen atoms in total. The Morgan fingerprint density at radius 1 is 1.07 bits per heavy atom. The molecule has 2 rings (SSSR count). The standard InChI is InChI=1S/C11H11NO3/c1-8-2-4-9(5-3-8)15-12-10(13)6-7-11(12)14/h2-5H,6-7H2,1H3. The molecule has 1 fully saturated rings. The third-order valence-electron chi connectivity index (χ3n) is 2.22. The average molecular weight is 205 g/mol. The first kappa shape index (κ1) is 9.71. The van der Waals surface area contributed by atoms with Gasteiger partial charge in [0.1, 0.15) is 0 Å². The Morgan fingerprint density at radius 2 is 1.60 bits per heavy atom. The fourth-order valence-corrected chi connectivity index (χ4v) is 1.36. The minimum absolute atomic E-state index is 0.241. The van der Waals surface area contributed by atoms with Gasteiger partial charge in [-0.15, -0.1) is 5.06 Å². The molecule has 0 aromatic heterocycles. The number of hydrogen-bond donors (Lipinski definition) is 0. The van der Waals surface area contributed by atoms with Crippen LogP contribution in [-0.2, 0) is 9.59 Å². The molecule has 1 aliphatic heterocycles. The summed E-state index contributed by atoms with van der Waals surface area (Å²) in [4.78, 5) is 27.7. The predicted octanol–water partition coefficient (Wildman–Crippen LogP) is 1.44. The molecule has 0 spiro atoms. The van der Waals surface area contributed by atoms with E-state index < -0.39 is 0 Å². The molecule has 1 saturated heterocycles. The van der Waals surface area contributed by atoms with Crippen LogP contribution in [0.2, 0.25) is 0 Å². The van der Waals surface area contributed by atoms with E-state index in [0.29, 0.717) is 5.75 Å². The summed E-state index contributed by atoms with van der Waals surface area (Å²) in [6, 6.07) is 7.18. The van der Waals surface area contributed by atoms with Gasteiger partial charge in [-0.05, 0) is 19.1 Å². The van der Waals surface area contributed by atoms with Gasteiger partial charge in [-0.25, -0.2) is 0 Å². The summed E-state index contributed by atoms with van der Waals surface area (Å²) in [5.74, 6) is -0.0506. The van der Waals surface area contributed by atoms with Crippen LogP contribution < -0.4 is 4.84 Å². The quantitative estimate of drug-likeness (QED) is 0.686. The number of hydroxylamine groups is 2. The lowest BCUT2D eigenvalue weighted by Crippen LogP contribution is -2.32. The molecule has 0 N–H and O–H groups in total. The van der Waals surface area contributed by atoms with E-state index in [1.807, 2.05) is 19.1 Å². The topological polar surface area (TPSA) is 46.6 Å². The average Bonchev–Trinajstić information content (AvgIpc) is 2.53. The molecule has 4 heteroatoms. The molecule has 15 heavy (non-hydrogen) atoms. The number of aryl methyl sites for hydroxylation is 1. The normalized spacial score (nSPS) is 15.9. The zero-order valence-electron chi connectivity index (χ0n) is 8.40. The van der Waals surface area contributed by atoms with Crippen molar-refractivity contribution in [3.63, 3.8) is 0 Å². The number of amides is 2. The summed E-state index contributed by atoms with van der Waals surface area (Å²) in [7, 11) is 0. The van der Waals surface area contributed by atoms with Crippen molar-refractivity contribution in [2.45, 2.75) is 19.8 Å². The van der Waals surface area contributed by atoms with Gasteiger partial charge in [-0.3, -0.25) is 9.59 Å². The highest BCUT2D eigenvalue weighted by Crippen LogP contribution is 2.18. The molecular formula is C11H11NO3. The van der Waals surface area contributed by atoms with E-state index in [1.165, 1.54) is 0 Å². The molecule has 1 aromatic carbocycles. The van der Waals surface area contributed by atoms with E-state index in [0.717, 1.165) is 10.6 Å². The molecule has 0 aliphatic carbocycles. The van der Waals surface area contributed by atoms with E-state index in [2.05, 4.69) is 0 Å². The van der Waals surface area contributed by atoms with Gasteiger partial charge in [0.25, 0.3) is 11.8 Å². The van der Waals surface area contributed by atoms with Crippen LogP contribution in [-0.4, -0.2) is 16.9 Å². The summed E-state index contributed by atoms with van der Waals surface area (Å²) >= 11 is 0. The van der Waals surface area contributed by atoms with E-state index in [4.69, 9.17) is 4.84 Å². The highest BCUT2D eigenvalue weighted by atomic mass is 16.7. The second-order valence-electron chi connectivity index (χ2n) is 3.49.